The van der Waals surface area contributed by atoms with Gasteiger partial charge in [0.05, 0.1) is 21.3 Å². The number of hydrogen-bond donors (Lipinski definition) is 0. The van der Waals surface area contributed by atoms with Crippen molar-refractivity contribution in [2.24, 2.45) is 0 Å². The molecule has 1 unspecified atom stereocenters. The number of carbonyl (C=O) groups excluding carboxylic acids is 1. The lowest BCUT2D eigenvalue weighted by Gasteiger charge is -2.38. The Balaban J connectivity index is 2.16. The second-order valence-corrected chi connectivity index (χ2v) is 15.6. The Kier molecular flexibility index (Phi) is 7.90. The van der Waals surface area contributed by atoms with Crippen LogP contribution in [0.15, 0.2) is 41.3 Å². The SMILES string of the molecule is COc1cc(C2=C(c3ccc(SC)cc3)CC(O[Si](C)(C)C(C)(C)C)C2=O)cc(OC)c1OC. The van der Waals surface area contributed by atoms with Gasteiger partial charge in [0.25, 0.3) is 0 Å². The normalized spacial score (nSPS) is 16.7. The Morgan fingerprint density at radius 3 is 1.91 bits per heavy atom. The van der Waals surface area contributed by atoms with E-state index in [-0.39, 0.29) is 10.8 Å². The number of rotatable bonds is 8. The van der Waals surface area contributed by atoms with E-state index in [0.717, 1.165) is 16.7 Å². The molecule has 1 atom stereocenters. The third-order valence-corrected chi connectivity index (χ3v) is 12.1. The van der Waals surface area contributed by atoms with Crippen LogP contribution >= 0.6 is 11.8 Å². The molecule has 1 aliphatic carbocycles. The van der Waals surface area contributed by atoms with Crippen LogP contribution < -0.4 is 14.2 Å². The molecular weight excluding hydrogens is 464 g/mol. The molecule has 0 aromatic heterocycles. The van der Waals surface area contributed by atoms with Gasteiger partial charge in [0.2, 0.25) is 5.75 Å². The van der Waals surface area contributed by atoms with Crippen molar-refractivity contribution in [3.63, 3.8) is 0 Å². The molecule has 0 heterocycles. The van der Waals surface area contributed by atoms with Gasteiger partial charge in [0.15, 0.2) is 25.6 Å². The number of thioether (sulfide) groups is 1. The number of benzene rings is 2. The summed E-state index contributed by atoms with van der Waals surface area (Å²) in [5.41, 5.74) is 3.40. The van der Waals surface area contributed by atoms with Crippen molar-refractivity contribution in [1.82, 2.24) is 0 Å². The van der Waals surface area contributed by atoms with Crippen LogP contribution in [0.5, 0.6) is 17.2 Å². The summed E-state index contributed by atoms with van der Waals surface area (Å²) in [4.78, 5) is 15.1. The Morgan fingerprint density at radius 2 is 1.47 bits per heavy atom. The summed E-state index contributed by atoms with van der Waals surface area (Å²) in [6, 6.07) is 12.0. The molecule has 184 valence electrons. The molecule has 7 heteroatoms. The van der Waals surface area contributed by atoms with Gasteiger partial charge < -0.3 is 18.6 Å². The van der Waals surface area contributed by atoms with E-state index < -0.39 is 14.4 Å². The molecule has 0 fully saturated rings. The van der Waals surface area contributed by atoms with Crippen LogP contribution in [-0.4, -0.2) is 47.8 Å². The van der Waals surface area contributed by atoms with E-state index in [1.54, 1.807) is 33.1 Å². The van der Waals surface area contributed by atoms with Crippen LogP contribution in [0.1, 0.15) is 38.3 Å². The highest BCUT2D eigenvalue weighted by Crippen LogP contribution is 2.47. The van der Waals surface area contributed by atoms with Crippen molar-refractivity contribution < 1.29 is 23.4 Å². The second kappa shape index (κ2) is 10.2. The van der Waals surface area contributed by atoms with E-state index >= 15 is 0 Å². The molecule has 34 heavy (non-hydrogen) atoms. The minimum absolute atomic E-state index is 0.00273. The van der Waals surface area contributed by atoms with Gasteiger partial charge in [0.1, 0.15) is 6.10 Å². The van der Waals surface area contributed by atoms with Gasteiger partial charge in [-0.05, 0) is 65.4 Å². The Morgan fingerprint density at radius 1 is 0.912 bits per heavy atom. The van der Waals surface area contributed by atoms with Crippen molar-refractivity contribution in [3.8, 4) is 17.2 Å². The first-order chi connectivity index (χ1) is 16.0. The van der Waals surface area contributed by atoms with Crippen molar-refractivity contribution in [2.45, 2.75) is 56.3 Å². The first-order valence-electron chi connectivity index (χ1n) is 11.4. The van der Waals surface area contributed by atoms with Crippen LogP contribution in [-0.2, 0) is 9.22 Å². The highest BCUT2D eigenvalue weighted by molar-refractivity contribution is 7.98. The summed E-state index contributed by atoms with van der Waals surface area (Å²) in [5.74, 6) is 1.54. The minimum Gasteiger partial charge on any atom is -0.493 e. The maximum absolute atomic E-state index is 13.9. The fourth-order valence-corrected chi connectivity index (χ4v) is 5.58. The van der Waals surface area contributed by atoms with E-state index in [1.165, 1.54) is 4.90 Å². The van der Waals surface area contributed by atoms with Gasteiger partial charge >= 0.3 is 0 Å². The molecule has 0 N–H and O–H groups in total. The average Bonchev–Trinajstić information content (AvgIpc) is 3.12. The van der Waals surface area contributed by atoms with Crippen LogP contribution in [0.2, 0.25) is 18.1 Å². The molecule has 0 radical (unpaired) electrons. The largest absolute Gasteiger partial charge is 0.493 e. The lowest BCUT2D eigenvalue weighted by molar-refractivity contribution is -0.119. The number of Topliss-reactive ketones (excluding diaryl/α,β-unsaturated/α-hetero) is 1. The summed E-state index contributed by atoms with van der Waals surface area (Å²) in [6.07, 6.45) is 2.08. The Labute approximate surface area is 209 Å². The van der Waals surface area contributed by atoms with Crippen molar-refractivity contribution in [2.75, 3.05) is 27.6 Å². The summed E-state index contributed by atoms with van der Waals surface area (Å²) >= 11 is 1.69. The maximum atomic E-state index is 13.9. The molecular formula is C27H36O5SSi. The van der Waals surface area contributed by atoms with Gasteiger partial charge in [-0.3, -0.25) is 4.79 Å². The molecule has 0 saturated heterocycles. The molecule has 0 aliphatic heterocycles. The third-order valence-electron chi connectivity index (χ3n) is 6.87. The maximum Gasteiger partial charge on any atom is 0.203 e. The molecule has 0 amide bonds. The lowest BCUT2D eigenvalue weighted by atomic mass is 9.96. The number of carbonyl (C=O) groups is 1. The molecule has 1 aliphatic rings. The first kappa shape index (κ1) is 26.4. The number of ketones is 1. The zero-order valence-corrected chi connectivity index (χ0v) is 23.5. The Hall–Kier alpha value is -2.22. The van der Waals surface area contributed by atoms with E-state index in [1.807, 2.05) is 12.1 Å². The van der Waals surface area contributed by atoms with Crippen LogP contribution in [0.4, 0.5) is 0 Å². The van der Waals surface area contributed by atoms with Gasteiger partial charge in [-0.25, -0.2) is 0 Å². The van der Waals surface area contributed by atoms with E-state index in [9.17, 15) is 4.79 Å². The minimum atomic E-state index is -2.16. The third kappa shape index (κ3) is 5.06. The molecule has 3 rings (SSSR count). The van der Waals surface area contributed by atoms with E-state index in [4.69, 9.17) is 18.6 Å². The van der Waals surface area contributed by atoms with Gasteiger partial charge in [0, 0.05) is 16.9 Å². The summed E-state index contributed by atoms with van der Waals surface area (Å²) in [6.45, 7) is 10.9. The average molecular weight is 501 g/mol. The smallest absolute Gasteiger partial charge is 0.203 e. The topological polar surface area (TPSA) is 54.0 Å². The molecule has 2 aromatic rings. The molecule has 0 saturated carbocycles. The van der Waals surface area contributed by atoms with Crippen molar-refractivity contribution >= 4 is 37.0 Å². The number of methoxy groups -OCH3 is 3. The lowest BCUT2D eigenvalue weighted by Crippen LogP contribution is -2.45. The van der Waals surface area contributed by atoms with Gasteiger partial charge in [-0.2, -0.15) is 0 Å². The fraction of sp³-hybridized carbons (Fsp3) is 0.444. The number of hydrogen-bond acceptors (Lipinski definition) is 6. The predicted molar refractivity (Wildman–Crippen MR) is 143 cm³/mol. The van der Waals surface area contributed by atoms with Crippen molar-refractivity contribution in [1.29, 1.82) is 0 Å². The first-order valence-corrected chi connectivity index (χ1v) is 15.5. The monoisotopic (exact) mass is 500 g/mol. The van der Waals surface area contributed by atoms with Crippen LogP contribution in [0, 0.1) is 0 Å². The summed E-state index contributed by atoms with van der Waals surface area (Å²) in [7, 11) is 2.57. The fourth-order valence-electron chi connectivity index (χ4n) is 3.91. The van der Waals surface area contributed by atoms with Crippen LogP contribution in [0.25, 0.3) is 11.1 Å². The predicted octanol–water partition coefficient (Wildman–Crippen LogP) is 6.71. The molecule has 0 bridgehead atoms. The summed E-state index contributed by atoms with van der Waals surface area (Å²) < 4.78 is 23.3. The molecule has 2 aromatic carbocycles. The van der Waals surface area contributed by atoms with Gasteiger partial charge in [-0.15, -0.1) is 11.8 Å². The molecule has 5 nitrogen and oxygen atoms in total. The highest BCUT2D eigenvalue weighted by atomic mass is 32.2. The molecule has 0 spiro atoms. The zero-order chi connectivity index (χ0) is 25.3. The quantitative estimate of drug-likeness (QED) is 0.297. The Bertz CT molecular complexity index is 1060. The van der Waals surface area contributed by atoms with E-state index in [0.29, 0.717) is 29.2 Å². The van der Waals surface area contributed by atoms with E-state index in [2.05, 4.69) is 64.4 Å². The second-order valence-electron chi connectivity index (χ2n) is 9.93. The highest BCUT2D eigenvalue weighted by Gasteiger charge is 2.44. The zero-order valence-electron chi connectivity index (χ0n) is 21.7. The van der Waals surface area contributed by atoms with Crippen LogP contribution in [0.3, 0.4) is 0 Å². The number of ether oxygens (including phenoxy) is 3. The standard InChI is InChI=1S/C27H36O5SSi/c1-27(2,3)34(8,9)32-21-16-20(17-10-12-19(33-7)13-11-17)24(25(21)28)18-14-22(29-4)26(31-6)23(15-18)30-5/h10-15,21H,16H2,1-9H3. The van der Waals surface area contributed by atoms with Gasteiger partial charge in [-0.1, -0.05) is 32.9 Å². The summed E-state index contributed by atoms with van der Waals surface area (Å²) in [5, 5.41) is 0.00273. The van der Waals surface area contributed by atoms with Crippen molar-refractivity contribution in [3.05, 3.63) is 47.5 Å².